The Morgan fingerprint density at radius 1 is 1.33 bits per heavy atom. The van der Waals surface area contributed by atoms with Gasteiger partial charge < -0.3 is 5.32 Å². The smallest absolute Gasteiger partial charge is 0.241 e. The summed E-state index contributed by atoms with van der Waals surface area (Å²) >= 11 is 0. The molecule has 0 saturated carbocycles. The Morgan fingerprint density at radius 2 is 1.95 bits per heavy atom. The quantitative estimate of drug-likeness (QED) is 0.874. The van der Waals surface area contributed by atoms with Gasteiger partial charge in [0.05, 0.1) is 11.9 Å². The van der Waals surface area contributed by atoms with Crippen molar-refractivity contribution in [3.05, 3.63) is 29.8 Å². The predicted octanol–water partition coefficient (Wildman–Crippen LogP) is 2.07. The van der Waals surface area contributed by atoms with E-state index in [2.05, 4.69) is 5.32 Å². The van der Waals surface area contributed by atoms with Gasteiger partial charge in [-0.15, -0.1) is 0 Å². The molecule has 1 aromatic carbocycles. The fourth-order valence-electron chi connectivity index (χ4n) is 1.82. The first-order chi connectivity index (χ1) is 9.55. The second-order valence-corrected chi connectivity index (χ2v) is 7.80. The molecular weight excluding hydrogens is 288 g/mol. The van der Waals surface area contributed by atoms with Crippen LogP contribution in [0.15, 0.2) is 24.3 Å². The molecule has 0 radical (unpaired) electrons. The normalized spacial score (nSPS) is 12.0. The first-order valence-electron chi connectivity index (χ1n) is 6.90. The van der Waals surface area contributed by atoms with Gasteiger partial charge in [0.25, 0.3) is 0 Å². The molecule has 6 heteroatoms. The van der Waals surface area contributed by atoms with E-state index in [0.29, 0.717) is 5.69 Å². The highest BCUT2D eigenvalue weighted by molar-refractivity contribution is 7.92. The number of benzene rings is 1. The molecule has 1 aromatic rings. The molecule has 0 aliphatic heterocycles. The summed E-state index contributed by atoms with van der Waals surface area (Å²) in [6, 6.07) is 7.09. The van der Waals surface area contributed by atoms with Crippen LogP contribution in [0, 0.1) is 6.92 Å². The Hall–Kier alpha value is -1.56. The molecule has 1 N–H and O–H groups in total. The second kappa shape index (κ2) is 6.47. The van der Waals surface area contributed by atoms with Gasteiger partial charge in [-0.25, -0.2) is 8.42 Å². The van der Waals surface area contributed by atoms with Gasteiger partial charge in [-0.05, 0) is 44.9 Å². The maximum absolute atomic E-state index is 12.1. The minimum atomic E-state index is -3.52. The number of anilines is 1. The predicted molar refractivity (Wildman–Crippen MR) is 85.9 cm³/mol. The van der Waals surface area contributed by atoms with Crippen molar-refractivity contribution in [2.75, 3.05) is 17.1 Å². The molecule has 0 saturated heterocycles. The van der Waals surface area contributed by atoms with Gasteiger partial charge in [0.1, 0.15) is 6.54 Å². The van der Waals surface area contributed by atoms with Gasteiger partial charge in [-0.1, -0.05) is 19.1 Å². The van der Waals surface area contributed by atoms with Crippen LogP contribution < -0.4 is 9.62 Å². The Kier molecular flexibility index (Phi) is 5.39. The number of sulfonamides is 1. The summed E-state index contributed by atoms with van der Waals surface area (Å²) in [5, 5.41) is 2.85. The fourth-order valence-corrected chi connectivity index (χ4v) is 2.67. The van der Waals surface area contributed by atoms with E-state index in [4.69, 9.17) is 0 Å². The summed E-state index contributed by atoms with van der Waals surface area (Å²) in [5.41, 5.74) is 1.09. The van der Waals surface area contributed by atoms with Gasteiger partial charge in [-0.2, -0.15) is 0 Å². The van der Waals surface area contributed by atoms with Crippen molar-refractivity contribution < 1.29 is 13.2 Å². The monoisotopic (exact) mass is 312 g/mol. The van der Waals surface area contributed by atoms with Crippen LogP contribution >= 0.6 is 0 Å². The molecule has 118 valence electrons. The van der Waals surface area contributed by atoms with Crippen molar-refractivity contribution in [1.29, 1.82) is 0 Å². The van der Waals surface area contributed by atoms with E-state index in [0.717, 1.165) is 22.5 Å². The summed E-state index contributed by atoms with van der Waals surface area (Å²) in [6.07, 6.45) is 1.87. The van der Waals surface area contributed by atoms with E-state index in [1.807, 2.05) is 33.8 Å². The van der Waals surface area contributed by atoms with E-state index in [1.54, 1.807) is 18.2 Å². The molecule has 21 heavy (non-hydrogen) atoms. The topological polar surface area (TPSA) is 66.5 Å². The largest absolute Gasteiger partial charge is 0.350 e. The van der Waals surface area contributed by atoms with Gasteiger partial charge in [0.15, 0.2) is 0 Å². The van der Waals surface area contributed by atoms with E-state index in [-0.39, 0.29) is 18.0 Å². The van der Waals surface area contributed by atoms with E-state index in [1.165, 1.54) is 0 Å². The van der Waals surface area contributed by atoms with Crippen molar-refractivity contribution in [3.63, 3.8) is 0 Å². The molecular formula is C15H24N2O3S. The zero-order valence-electron chi connectivity index (χ0n) is 13.3. The summed E-state index contributed by atoms with van der Waals surface area (Å²) < 4.78 is 25.0. The van der Waals surface area contributed by atoms with E-state index in [9.17, 15) is 13.2 Å². The molecule has 0 spiro atoms. The summed E-state index contributed by atoms with van der Waals surface area (Å²) in [4.78, 5) is 12.1. The highest BCUT2D eigenvalue weighted by Crippen LogP contribution is 2.19. The Morgan fingerprint density at radius 3 is 2.43 bits per heavy atom. The maximum atomic E-state index is 12.1. The van der Waals surface area contributed by atoms with Crippen molar-refractivity contribution in [2.45, 2.75) is 39.7 Å². The van der Waals surface area contributed by atoms with Crippen LogP contribution in [0.5, 0.6) is 0 Å². The van der Waals surface area contributed by atoms with Crippen molar-refractivity contribution >= 4 is 21.6 Å². The number of hydrogen-bond acceptors (Lipinski definition) is 3. The number of aryl methyl sites for hydroxylation is 1. The molecule has 5 nitrogen and oxygen atoms in total. The van der Waals surface area contributed by atoms with E-state index < -0.39 is 10.0 Å². The van der Waals surface area contributed by atoms with Crippen LogP contribution in [0.3, 0.4) is 0 Å². The standard InChI is InChI=1S/C15H24N2O3S/c1-6-15(3,4)16-14(18)11-17(21(5,19)20)13-9-7-8-12(2)10-13/h7-10H,6,11H2,1-5H3,(H,16,18). The van der Waals surface area contributed by atoms with Crippen molar-refractivity contribution in [2.24, 2.45) is 0 Å². The lowest BCUT2D eigenvalue weighted by Gasteiger charge is -2.27. The van der Waals surface area contributed by atoms with Gasteiger partial charge in [0, 0.05) is 5.54 Å². The summed E-state index contributed by atoms with van der Waals surface area (Å²) in [6.45, 7) is 7.44. The average Bonchev–Trinajstić information content (AvgIpc) is 2.34. The molecule has 0 aliphatic carbocycles. The highest BCUT2D eigenvalue weighted by atomic mass is 32.2. The highest BCUT2D eigenvalue weighted by Gasteiger charge is 2.24. The van der Waals surface area contributed by atoms with Crippen molar-refractivity contribution in [3.8, 4) is 0 Å². The third-order valence-corrected chi connectivity index (χ3v) is 4.48. The third kappa shape index (κ3) is 5.38. The van der Waals surface area contributed by atoms with Gasteiger partial charge in [-0.3, -0.25) is 9.10 Å². The number of rotatable bonds is 6. The van der Waals surface area contributed by atoms with Gasteiger partial charge >= 0.3 is 0 Å². The molecule has 0 atom stereocenters. The maximum Gasteiger partial charge on any atom is 0.241 e. The molecule has 0 aliphatic rings. The van der Waals surface area contributed by atoms with E-state index >= 15 is 0 Å². The van der Waals surface area contributed by atoms with Crippen LogP contribution in [-0.4, -0.2) is 32.7 Å². The molecule has 1 amide bonds. The van der Waals surface area contributed by atoms with Crippen molar-refractivity contribution in [1.82, 2.24) is 5.32 Å². The lowest BCUT2D eigenvalue weighted by atomic mass is 10.0. The number of hydrogen-bond donors (Lipinski definition) is 1. The lowest BCUT2D eigenvalue weighted by molar-refractivity contribution is -0.121. The Bertz CT molecular complexity index is 609. The number of carbonyl (C=O) groups is 1. The Balaban J connectivity index is 2.99. The van der Waals surface area contributed by atoms with Crippen LogP contribution in [0.25, 0.3) is 0 Å². The molecule has 0 aromatic heterocycles. The fraction of sp³-hybridized carbons (Fsp3) is 0.533. The molecule has 1 rings (SSSR count). The number of amides is 1. The minimum Gasteiger partial charge on any atom is -0.350 e. The summed E-state index contributed by atoms with van der Waals surface area (Å²) in [5.74, 6) is -0.311. The molecule has 0 bridgehead atoms. The second-order valence-electron chi connectivity index (χ2n) is 5.89. The molecule has 0 unspecified atom stereocenters. The first kappa shape index (κ1) is 17.5. The zero-order chi connectivity index (χ0) is 16.3. The minimum absolute atomic E-state index is 0.217. The first-order valence-corrected chi connectivity index (χ1v) is 8.75. The lowest BCUT2D eigenvalue weighted by Crippen LogP contribution is -2.48. The molecule has 0 fully saturated rings. The number of nitrogens with one attached hydrogen (secondary N) is 1. The number of carbonyl (C=O) groups excluding carboxylic acids is 1. The molecule has 0 heterocycles. The average molecular weight is 312 g/mol. The summed E-state index contributed by atoms with van der Waals surface area (Å²) in [7, 11) is -3.52. The number of nitrogens with zero attached hydrogens (tertiary/aromatic N) is 1. The van der Waals surface area contributed by atoms with Crippen LogP contribution in [0.1, 0.15) is 32.8 Å². The van der Waals surface area contributed by atoms with Crippen LogP contribution in [0.4, 0.5) is 5.69 Å². The van der Waals surface area contributed by atoms with Gasteiger partial charge in [0.2, 0.25) is 15.9 Å². The Labute approximate surface area is 127 Å². The van der Waals surface area contributed by atoms with Crippen LogP contribution in [-0.2, 0) is 14.8 Å². The third-order valence-electron chi connectivity index (χ3n) is 3.34. The zero-order valence-corrected chi connectivity index (χ0v) is 14.1. The van der Waals surface area contributed by atoms with Crippen LogP contribution in [0.2, 0.25) is 0 Å². The SMILES string of the molecule is CCC(C)(C)NC(=O)CN(c1cccc(C)c1)S(C)(=O)=O.